The standard InChI is InChI=1S/C29H36N2O2/c32-27(30-19-24-6-4-5-7-25(24)20-31-10-12-33-13-11-31)29-17-22-14-23(18-29)16-28(15-22,21-29)26-8-2-1-3-9-26/h1-9,22-23H,10-21H2,(H,30,32). The number of hydrogen-bond donors (Lipinski definition) is 1. The summed E-state index contributed by atoms with van der Waals surface area (Å²) in [7, 11) is 0. The Balaban J connectivity index is 1.18. The Bertz CT molecular complexity index is 984. The number of nitrogens with one attached hydrogen (secondary N) is 1. The summed E-state index contributed by atoms with van der Waals surface area (Å²) < 4.78 is 5.50. The second-order valence-electron chi connectivity index (χ2n) is 11.2. The van der Waals surface area contributed by atoms with Crippen molar-refractivity contribution in [3.63, 3.8) is 0 Å². The molecule has 0 aromatic heterocycles. The van der Waals surface area contributed by atoms with Gasteiger partial charge >= 0.3 is 0 Å². The number of rotatable bonds is 6. The van der Waals surface area contributed by atoms with Gasteiger partial charge in [-0.2, -0.15) is 0 Å². The molecule has 4 heteroatoms. The van der Waals surface area contributed by atoms with Crippen molar-refractivity contribution in [1.29, 1.82) is 0 Å². The predicted molar refractivity (Wildman–Crippen MR) is 130 cm³/mol. The fraction of sp³-hybridized carbons (Fsp3) is 0.552. The van der Waals surface area contributed by atoms with Gasteiger partial charge in [-0.1, -0.05) is 54.6 Å². The van der Waals surface area contributed by atoms with E-state index in [9.17, 15) is 4.79 Å². The average Bonchev–Trinajstić information content (AvgIpc) is 2.84. The van der Waals surface area contributed by atoms with Crippen molar-refractivity contribution in [2.75, 3.05) is 26.3 Å². The lowest BCUT2D eigenvalue weighted by Gasteiger charge is -2.61. The minimum absolute atomic E-state index is 0.181. The summed E-state index contributed by atoms with van der Waals surface area (Å²) in [6.07, 6.45) is 7.05. The molecule has 2 unspecified atom stereocenters. The van der Waals surface area contributed by atoms with Crippen LogP contribution in [0.3, 0.4) is 0 Å². The lowest BCUT2D eigenvalue weighted by molar-refractivity contribution is -0.149. The molecule has 1 heterocycles. The highest BCUT2D eigenvalue weighted by molar-refractivity contribution is 5.83. The van der Waals surface area contributed by atoms with E-state index in [4.69, 9.17) is 4.74 Å². The SMILES string of the molecule is O=C(NCc1ccccc1CN1CCOCC1)C12CC3CC(C1)CC(c1ccccc1)(C3)C2. The molecule has 4 saturated carbocycles. The molecule has 0 radical (unpaired) electrons. The van der Waals surface area contributed by atoms with Crippen LogP contribution in [0.25, 0.3) is 0 Å². The number of carbonyl (C=O) groups excluding carboxylic acids is 1. The van der Waals surface area contributed by atoms with Crippen molar-refractivity contribution >= 4 is 5.91 Å². The van der Waals surface area contributed by atoms with Crippen LogP contribution in [0.5, 0.6) is 0 Å². The molecule has 7 rings (SSSR count). The van der Waals surface area contributed by atoms with Gasteiger partial charge in [0.1, 0.15) is 0 Å². The smallest absolute Gasteiger partial charge is 0.226 e. The first-order chi connectivity index (χ1) is 16.1. The number of carbonyl (C=O) groups is 1. The highest BCUT2D eigenvalue weighted by Crippen LogP contribution is 2.65. The maximum absolute atomic E-state index is 13.8. The number of hydrogen-bond acceptors (Lipinski definition) is 3. The summed E-state index contributed by atoms with van der Waals surface area (Å²) in [5.74, 6) is 1.70. The summed E-state index contributed by atoms with van der Waals surface area (Å²) in [6.45, 7) is 5.15. The van der Waals surface area contributed by atoms with E-state index < -0.39 is 0 Å². The highest BCUT2D eigenvalue weighted by Gasteiger charge is 2.60. The monoisotopic (exact) mass is 444 g/mol. The van der Waals surface area contributed by atoms with Gasteiger partial charge in [-0.15, -0.1) is 0 Å². The van der Waals surface area contributed by atoms with Crippen molar-refractivity contribution in [3.8, 4) is 0 Å². The molecule has 1 saturated heterocycles. The van der Waals surface area contributed by atoms with Gasteiger partial charge in [0.25, 0.3) is 0 Å². The van der Waals surface area contributed by atoms with Gasteiger partial charge in [-0.3, -0.25) is 9.69 Å². The van der Waals surface area contributed by atoms with Gasteiger partial charge in [-0.05, 0) is 72.5 Å². The minimum atomic E-state index is -0.181. The lowest BCUT2D eigenvalue weighted by Crippen LogP contribution is -2.59. The molecule has 4 bridgehead atoms. The van der Waals surface area contributed by atoms with Gasteiger partial charge in [0.05, 0.1) is 18.6 Å². The van der Waals surface area contributed by atoms with Crippen LogP contribution in [0.4, 0.5) is 0 Å². The van der Waals surface area contributed by atoms with Crippen LogP contribution >= 0.6 is 0 Å². The second-order valence-corrected chi connectivity index (χ2v) is 11.2. The van der Waals surface area contributed by atoms with Crippen molar-refractivity contribution in [1.82, 2.24) is 10.2 Å². The van der Waals surface area contributed by atoms with E-state index in [-0.39, 0.29) is 10.8 Å². The Hall–Kier alpha value is -2.17. The van der Waals surface area contributed by atoms with Gasteiger partial charge in [0.15, 0.2) is 0 Å². The molecular formula is C29H36N2O2. The van der Waals surface area contributed by atoms with Gasteiger partial charge in [0.2, 0.25) is 5.91 Å². The van der Waals surface area contributed by atoms with Crippen molar-refractivity contribution < 1.29 is 9.53 Å². The quantitative estimate of drug-likeness (QED) is 0.704. The minimum Gasteiger partial charge on any atom is -0.379 e. The zero-order chi connectivity index (χ0) is 22.3. The summed E-state index contributed by atoms with van der Waals surface area (Å²) in [5, 5.41) is 3.42. The number of benzene rings is 2. The maximum atomic E-state index is 13.8. The first-order valence-corrected chi connectivity index (χ1v) is 12.8. The van der Waals surface area contributed by atoms with E-state index >= 15 is 0 Å². The number of morpholine rings is 1. The van der Waals surface area contributed by atoms with E-state index in [1.54, 1.807) is 0 Å². The van der Waals surface area contributed by atoms with Crippen LogP contribution in [0, 0.1) is 17.3 Å². The van der Waals surface area contributed by atoms with E-state index in [0.717, 1.165) is 52.1 Å². The van der Waals surface area contributed by atoms with Crippen LogP contribution in [-0.2, 0) is 28.0 Å². The molecule has 1 amide bonds. The van der Waals surface area contributed by atoms with Crippen molar-refractivity contribution in [2.45, 2.75) is 57.0 Å². The Labute approximate surface area is 197 Å². The van der Waals surface area contributed by atoms with Gasteiger partial charge in [0, 0.05) is 26.2 Å². The molecule has 1 aliphatic heterocycles. The third-order valence-corrected chi connectivity index (χ3v) is 8.98. The van der Waals surface area contributed by atoms with Crippen LogP contribution in [0.15, 0.2) is 54.6 Å². The maximum Gasteiger partial charge on any atom is 0.226 e. The fourth-order valence-electron chi connectivity index (χ4n) is 7.91. The zero-order valence-corrected chi connectivity index (χ0v) is 19.6. The van der Waals surface area contributed by atoms with E-state index in [1.807, 2.05) is 0 Å². The molecular weight excluding hydrogens is 408 g/mol. The molecule has 5 aliphatic rings. The van der Waals surface area contributed by atoms with Gasteiger partial charge < -0.3 is 10.1 Å². The summed E-state index contributed by atoms with van der Waals surface area (Å²) in [6, 6.07) is 19.7. The molecule has 4 aliphatic carbocycles. The summed E-state index contributed by atoms with van der Waals surface area (Å²) in [5.41, 5.74) is 4.06. The first-order valence-electron chi connectivity index (χ1n) is 12.8. The molecule has 0 spiro atoms. The molecule has 174 valence electrons. The van der Waals surface area contributed by atoms with E-state index in [2.05, 4.69) is 64.8 Å². The molecule has 5 fully saturated rings. The zero-order valence-electron chi connectivity index (χ0n) is 19.6. The Morgan fingerprint density at radius 1 is 0.909 bits per heavy atom. The average molecular weight is 445 g/mol. The van der Waals surface area contributed by atoms with Crippen molar-refractivity contribution in [2.24, 2.45) is 17.3 Å². The molecule has 2 atom stereocenters. The highest BCUT2D eigenvalue weighted by atomic mass is 16.5. The number of amides is 1. The van der Waals surface area contributed by atoms with Gasteiger partial charge in [-0.25, -0.2) is 0 Å². The lowest BCUT2D eigenvalue weighted by atomic mass is 9.42. The van der Waals surface area contributed by atoms with E-state index in [0.29, 0.717) is 24.3 Å². The summed E-state index contributed by atoms with van der Waals surface area (Å²) >= 11 is 0. The topological polar surface area (TPSA) is 41.6 Å². The van der Waals surface area contributed by atoms with Crippen LogP contribution in [0.1, 0.15) is 55.2 Å². The molecule has 1 N–H and O–H groups in total. The molecule has 4 nitrogen and oxygen atoms in total. The predicted octanol–water partition coefficient (Wildman–Crippen LogP) is 4.67. The Kier molecular flexibility index (Phi) is 5.54. The third kappa shape index (κ3) is 4.02. The van der Waals surface area contributed by atoms with Crippen LogP contribution in [-0.4, -0.2) is 37.1 Å². The van der Waals surface area contributed by atoms with Crippen LogP contribution in [0.2, 0.25) is 0 Å². The molecule has 2 aromatic carbocycles. The van der Waals surface area contributed by atoms with Crippen molar-refractivity contribution in [3.05, 3.63) is 71.3 Å². The third-order valence-electron chi connectivity index (χ3n) is 8.98. The largest absolute Gasteiger partial charge is 0.379 e. The van der Waals surface area contributed by atoms with E-state index in [1.165, 1.54) is 36.0 Å². The Morgan fingerprint density at radius 3 is 2.30 bits per heavy atom. The summed E-state index contributed by atoms with van der Waals surface area (Å²) in [4.78, 5) is 16.3. The number of nitrogens with zero attached hydrogens (tertiary/aromatic N) is 1. The number of ether oxygens (including phenoxy) is 1. The van der Waals surface area contributed by atoms with Crippen LogP contribution < -0.4 is 5.32 Å². The fourth-order valence-corrected chi connectivity index (χ4v) is 7.91. The normalized spacial score (nSPS) is 33.2. The Morgan fingerprint density at radius 2 is 1.58 bits per heavy atom. The first kappa shape index (κ1) is 21.4. The molecule has 2 aromatic rings. The second kappa shape index (κ2) is 8.56. The molecule has 33 heavy (non-hydrogen) atoms.